The van der Waals surface area contributed by atoms with E-state index in [9.17, 15) is 4.79 Å². The number of hydrogen-bond donors (Lipinski definition) is 1. The molecule has 1 aromatic carbocycles. The molecule has 0 radical (unpaired) electrons. The minimum atomic E-state index is -0.152. The van der Waals surface area contributed by atoms with Crippen molar-refractivity contribution in [1.29, 1.82) is 0 Å². The van der Waals surface area contributed by atoms with Crippen molar-refractivity contribution in [1.82, 2.24) is 9.78 Å². The summed E-state index contributed by atoms with van der Waals surface area (Å²) in [6, 6.07) is 9.46. The lowest BCUT2D eigenvalue weighted by atomic mass is 10.1. The molecular weight excluding hydrogens is 266 g/mol. The Hall–Kier alpha value is -2.14. The zero-order valence-electron chi connectivity index (χ0n) is 12.5. The molecule has 0 aliphatic rings. The van der Waals surface area contributed by atoms with E-state index in [1.807, 2.05) is 24.3 Å². The number of nitrogens with two attached hydrogens (primary N) is 1. The predicted molar refractivity (Wildman–Crippen MR) is 83.2 cm³/mol. The van der Waals surface area contributed by atoms with Crippen LogP contribution in [0.1, 0.15) is 25.3 Å². The Morgan fingerprint density at radius 1 is 1.29 bits per heavy atom. The summed E-state index contributed by atoms with van der Waals surface area (Å²) in [4.78, 5) is 11.8. The van der Waals surface area contributed by atoms with Gasteiger partial charge < -0.3 is 10.5 Å². The molecule has 5 nitrogen and oxygen atoms in total. The van der Waals surface area contributed by atoms with E-state index in [2.05, 4.69) is 12.0 Å². The third kappa shape index (κ3) is 3.70. The van der Waals surface area contributed by atoms with Gasteiger partial charge in [-0.1, -0.05) is 13.3 Å². The second-order valence-electron chi connectivity index (χ2n) is 4.91. The van der Waals surface area contributed by atoms with Crippen LogP contribution in [-0.2, 0) is 13.6 Å². The van der Waals surface area contributed by atoms with Crippen molar-refractivity contribution in [2.24, 2.45) is 12.8 Å². The van der Waals surface area contributed by atoms with Crippen molar-refractivity contribution in [3.05, 3.63) is 46.2 Å². The van der Waals surface area contributed by atoms with Gasteiger partial charge in [0.25, 0.3) is 5.56 Å². The maximum Gasteiger partial charge on any atom is 0.271 e. The summed E-state index contributed by atoms with van der Waals surface area (Å²) in [5, 5.41) is 4.26. The molecule has 0 amide bonds. The summed E-state index contributed by atoms with van der Waals surface area (Å²) < 4.78 is 6.95. The van der Waals surface area contributed by atoms with Crippen LogP contribution >= 0.6 is 0 Å². The van der Waals surface area contributed by atoms with Crippen LogP contribution in [0.4, 0.5) is 0 Å². The van der Waals surface area contributed by atoms with E-state index in [1.54, 1.807) is 13.1 Å². The molecule has 0 aliphatic heterocycles. The predicted octanol–water partition coefficient (Wildman–Crippen LogP) is 2.08. The number of nitrogens with zero attached hydrogens (tertiary/aromatic N) is 2. The number of unbranched alkanes of at least 4 members (excludes halogenated alkanes) is 1. The van der Waals surface area contributed by atoms with Crippen LogP contribution in [0.15, 0.2) is 35.1 Å². The summed E-state index contributed by atoms with van der Waals surface area (Å²) in [7, 11) is 1.63. The van der Waals surface area contributed by atoms with Crippen molar-refractivity contribution in [2.75, 3.05) is 6.61 Å². The Morgan fingerprint density at radius 2 is 2.00 bits per heavy atom. The summed E-state index contributed by atoms with van der Waals surface area (Å²) in [6.07, 6.45) is 2.16. The van der Waals surface area contributed by atoms with E-state index in [0.29, 0.717) is 5.56 Å². The van der Waals surface area contributed by atoms with E-state index in [-0.39, 0.29) is 12.1 Å². The second-order valence-corrected chi connectivity index (χ2v) is 4.91. The molecule has 0 fully saturated rings. The monoisotopic (exact) mass is 287 g/mol. The maximum atomic E-state index is 11.8. The first kappa shape index (κ1) is 15.3. The Kier molecular flexibility index (Phi) is 5.11. The van der Waals surface area contributed by atoms with E-state index in [4.69, 9.17) is 10.5 Å². The van der Waals surface area contributed by atoms with E-state index in [0.717, 1.165) is 36.5 Å². The smallest absolute Gasteiger partial charge is 0.271 e. The fourth-order valence-electron chi connectivity index (χ4n) is 2.01. The summed E-state index contributed by atoms with van der Waals surface area (Å²) in [6.45, 7) is 3.07. The number of ether oxygens (including phenoxy) is 1. The number of rotatable bonds is 6. The molecule has 2 aromatic rings. The topological polar surface area (TPSA) is 70.1 Å². The van der Waals surface area contributed by atoms with Gasteiger partial charge in [0.15, 0.2) is 0 Å². The number of hydrogen-bond acceptors (Lipinski definition) is 4. The first-order valence-electron chi connectivity index (χ1n) is 7.16. The minimum absolute atomic E-state index is 0.152. The van der Waals surface area contributed by atoms with Crippen molar-refractivity contribution in [3.8, 4) is 17.0 Å². The fourth-order valence-corrected chi connectivity index (χ4v) is 2.01. The molecule has 0 unspecified atom stereocenters. The average molecular weight is 287 g/mol. The highest BCUT2D eigenvalue weighted by Gasteiger charge is 2.07. The zero-order valence-corrected chi connectivity index (χ0v) is 12.5. The number of aromatic nitrogens is 2. The highest BCUT2D eigenvalue weighted by molar-refractivity contribution is 5.60. The van der Waals surface area contributed by atoms with Crippen LogP contribution in [0.2, 0.25) is 0 Å². The molecule has 112 valence electrons. The number of aryl methyl sites for hydroxylation is 1. The summed E-state index contributed by atoms with van der Waals surface area (Å²) in [5.74, 6) is 0.844. The molecule has 1 aromatic heterocycles. The minimum Gasteiger partial charge on any atom is -0.494 e. The molecule has 0 saturated carbocycles. The van der Waals surface area contributed by atoms with Crippen LogP contribution in [0.3, 0.4) is 0 Å². The van der Waals surface area contributed by atoms with Crippen molar-refractivity contribution in [2.45, 2.75) is 26.3 Å². The van der Waals surface area contributed by atoms with Crippen molar-refractivity contribution in [3.63, 3.8) is 0 Å². The molecule has 5 heteroatoms. The van der Waals surface area contributed by atoms with Gasteiger partial charge in [0.1, 0.15) is 5.75 Å². The third-order valence-corrected chi connectivity index (χ3v) is 3.27. The normalized spacial score (nSPS) is 10.6. The zero-order chi connectivity index (χ0) is 15.2. The molecule has 2 N–H and O–H groups in total. The average Bonchev–Trinajstić information content (AvgIpc) is 2.51. The van der Waals surface area contributed by atoms with Gasteiger partial charge in [0.2, 0.25) is 0 Å². The SMILES string of the molecule is CCCCOc1ccc(-c2cc(CN)c(=O)n(C)n2)cc1. The summed E-state index contributed by atoms with van der Waals surface area (Å²) >= 11 is 0. The lowest BCUT2D eigenvalue weighted by molar-refractivity contribution is 0.309. The van der Waals surface area contributed by atoms with Gasteiger partial charge in [-0.3, -0.25) is 4.79 Å². The van der Waals surface area contributed by atoms with E-state index >= 15 is 0 Å². The van der Waals surface area contributed by atoms with Gasteiger partial charge in [-0.15, -0.1) is 0 Å². The highest BCUT2D eigenvalue weighted by atomic mass is 16.5. The Morgan fingerprint density at radius 3 is 2.62 bits per heavy atom. The quantitative estimate of drug-likeness (QED) is 0.826. The summed E-state index contributed by atoms with van der Waals surface area (Å²) in [5.41, 5.74) is 7.67. The Balaban J connectivity index is 2.22. The molecule has 0 atom stereocenters. The van der Waals surface area contributed by atoms with Crippen LogP contribution in [0, 0.1) is 0 Å². The molecule has 2 rings (SSSR count). The van der Waals surface area contributed by atoms with Gasteiger partial charge in [-0.25, -0.2) is 4.68 Å². The molecule has 0 bridgehead atoms. The van der Waals surface area contributed by atoms with Gasteiger partial charge >= 0.3 is 0 Å². The first-order chi connectivity index (χ1) is 10.2. The Bertz CT molecular complexity index is 648. The van der Waals surface area contributed by atoms with Crippen LogP contribution in [0.25, 0.3) is 11.3 Å². The Labute approximate surface area is 124 Å². The molecule has 21 heavy (non-hydrogen) atoms. The molecular formula is C16H21N3O2. The molecule has 0 spiro atoms. The fraction of sp³-hybridized carbons (Fsp3) is 0.375. The van der Waals surface area contributed by atoms with Crippen LogP contribution in [0.5, 0.6) is 5.75 Å². The van der Waals surface area contributed by atoms with E-state index in [1.165, 1.54) is 4.68 Å². The van der Waals surface area contributed by atoms with Crippen LogP contribution < -0.4 is 16.0 Å². The van der Waals surface area contributed by atoms with Gasteiger partial charge in [-0.2, -0.15) is 5.10 Å². The standard InChI is InChI=1S/C16H21N3O2/c1-3-4-9-21-14-7-5-12(6-8-14)15-10-13(11-17)16(20)19(2)18-15/h5-8,10H,3-4,9,11,17H2,1-2H3. The lowest BCUT2D eigenvalue weighted by Gasteiger charge is -2.08. The molecule has 0 saturated heterocycles. The van der Waals surface area contributed by atoms with Crippen LogP contribution in [-0.4, -0.2) is 16.4 Å². The van der Waals surface area contributed by atoms with Gasteiger partial charge in [-0.05, 0) is 36.8 Å². The molecule has 0 aliphatic carbocycles. The largest absolute Gasteiger partial charge is 0.494 e. The maximum absolute atomic E-state index is 11.8. The molecule has 1 heterocycles. The number of benzene rings is 1. The third-order valence-electron chi connectivity index (χ3n) is 3.27. The lowest BCUT2D eigenvalue weighted by Crippen LogP contribution is -2.25. The first-order valence-corrected chi connectivity index (χ1v) is 7.16. The van der Waals surface area contributed by atoms with Gasteiger partial charge in [0.05, 0.1) is 12.3 Å². The highest BCUT2D eigenvalue weighted by Crippen LogP contribution is 2.20. The second kappa shape index (κ2) is 7.04. The van der Waals surface area contributed by atoms with Crippen molar-refractivity contribution < 1.29 is 4.74 Å². The van der Waals surface area contributed by atoms with Crippen molar-refractivity contribution >= 4 is 0 Å². The van der Waals surface area contributed by atoms with Gasteiger partial charge in [0, 0.05) is 24.7 Å². The van der Waals surface area contributed by atoms with E-state index < -0.39 is 0 Å².